The maximum Gasteiger partial charge on any atom is 0.182 e. The fraction of sp³-hybridized carbons (Fsp3) is 0.714. The minimum absolute atomic E-state index is 0.00733. The lowest BCUT2D eigenvalue weighted by atomic mass is 9.46. The van der Waals surface area contributed by atoms with Gasteiger partial charge in [0.05, 0.1) is 22.2 Å². The number of hydrogen-bond acceptors (Lipinski definition) is 4. The number of carbonyl (C=O) groups is 2. The Kier molecular flexibility index (Phi) is 4.89. The molecule has 29 heavy (non-hydrogen) atoms. The van der Waals surface area contributed by atoms with Crippen molar-refractivity contribution in [3.63, 3.8) is 0 Å². The predicted octanol–water partition coefficient (Wildman–Crippen LogP) is 3.33. The second kappa shape index (κ2) is 6.52. The van der Waals surface area contributed by atoms with Gasteiger partial charge in [0.2, 0.25) is 0 Å². The zero-order valence-electron chi connectivity index (χ0n) is 16.2. The number of alkyl halides is 4. The number of allylic oxidation sites excluding steroid dienone is 4. The third-order valence-electron chi connectivity index (χ3n) is 8.35. The first-order valence-electron chi connectivity index (χ1n) is 9.80. The van der Waals surface area contributed by atoms with Crippen molar-refractivity contribution in [1.29, 1.82) is 0 Å². The van der Waals surface area contributed by atoms with Gasteiger partial charge in [-0.15, -0.1) is 34.8 Å². The summed E-state index contributed by atoms with van der Waals surface area (Å²) in [4.78, 5) is 23.4. The smallest absolute Gasteiger partial charge is 0.182 e. The zero-order valence-corrected chi connectivity index (χ0v) is 18.4. The summed E-state index contributed by atoms with van der Waals surface area (Å²) in [6.07, 6.45) is 1.84. The molecule has 9 atom stereocenters. The van der Waals surface area contributed by atoms with Crippen LogP contribution < -0.4 is 0 Å². The Bertz CT molecular complexity index is 846. The van der Waals surface area contributed by atoms with E-state index in [9.17, 15) is 19.8 Å². The molecule has 0 aromatic carbocycles. The first kappa shape index (κ1) is 21.8. The number of fused-ring (bicyclic) bond motifs is 5. The van der Waals surface area contributed by atoms with E-state index >= 15 is 4.39 Å². The fourth-order valence-electron chi connectivity index (χ4n) is 6.76. The van der Waals surface area contributed by atoms with Gasteiger partial charge in [0.1, 0.15) is 6.17 Å². The van der Waals surface area contributed by atoms with Gasteiger partial charge >= 0.3 is 0 Å². The summed E-state index contributed by atoms with van der Waals surface area (Å²) in [6.45, 7) is 3.50. The average Bonchev–Trinajstić information content (AvgIpc) is 2.86. The number of aliphatic hydroxyl groups is 2. The van der Waals surface area contributed by atoms with Gasteiger partial charge in [-0.2, -0.15) is 0 Å². The molecule has 4 aliphatic carbocycles. The number of carbonyl (C=O) groups excluding carboxylic acids is 2. The van der Waals surface area contributed by atoms with Crippen molar-refractivity contribution < 1.29 is 24.2 Å². The van der Waals surface area contributed by atoms with Gasteiger partial charge < -0.3 is 10.2 Å². The second-order valence-electron chi connectivity index (χ2n) is 9.39. The number of aliphatic hydroxyl groups excluding tert-OH is 1. The molecule has 0 bridgehead atoms. The van der Waals surface area contributed by atoms with E-state index in [2.05, 4.69) is 0 Å². The lowest BCUT2D eigenvalue weighted by Crippen LogP contribution is -2.69. The SMILES string of the molecule is C[C@]12C=CC(=O)C=C1[C@@H](F)C[C@H]1[C@@H]3C[C@@H](O)[C@](O)(C(=O)CCl)[C@@]3(C)C[C@H](Cl)[C@@]12Cl. The molecule has 0 aliphatic heterocycles. The minimum atomic E-state index is -2.06. The summed E-state index contributed by atoms with van der Waals surface area (Å²) in [5.74, 6) is -2.35. The molecular weight excluding hydrogens is 442 g/mol. The molecule has 3 saturated carbocycles. The summed E-state index contributed by atoms with van der Waals surface area (Å²) < 4.78 is 15.3. The molecule has 4 nitrogen and oxygen atoms in total. The van der Waals surface area contributed by atoms with E-state index in [-0.39, 0.29) is 25.0 Å². The molecular formula is C21H24Cl3FO4. The second-order valence-corrected chi connectivity index (χ2v) is 10.8. The standard InChI is InChI=1S/C21H24Cl3FO4/c1-18-4-3-10(26)5-13(18)14(25)6-12-11-7-16(27)21(29,17(28)9-22)19(11,2)8-15(23)20(12,18)24/h3-5,11-12,14-16,27,29H,6-9H2,1-2H3/t11-,12-,14-,15-,16+,18-,19-,20-,21-/m0/s1. The summed E-state index contributed by atoms with van der Waals surface area (Å²) in [5, 5.41) is 21.3. The number of halogens is 4. The quantitative estimate of drug-likeness (QED) is 0.614. The number of ketones is 2. The lowest BCUT2D eigenvalue weighted by molar-refractivity contribution is -0.171. The molecule has 0 spiro atoms. The van der Waals surface area contributed by atoms with Crippen LogP contribution in [0.1, 0.15) is 33.1 Å². The van der Waals surface area contributed by atoms with Gasteiger partial charge in [-0.25, -0.2) is 4.39 Å². The van der Waals surface area contributed by atoms with E-state index < -0.39 is 62.5 Å². The Morgan fingerprint density at radius 3 is 2.59 bits per heavy atom. The Labute approximate surface area is 184 Å². The van der Waals surface area contributed by atoms with Gasteiger partial charge in [0.25, 0.3) is 0 Å². The molecule has 4 rings (SSSR count). The number of rotatable bonds is 2. The van der Waals surface area contributed by atoms with Crippen LogP contribution in [0.5, 0.6) is 0 Å². The van der Waals surface area contributed by atoms with Crippen LogP contribution >= 0.6 is 34.8 Å². The molecule has 0 radical (unpaired) electrons. The molecule has 0 heterocycles. The van der Waals surface area contributed by atoms with E-state index in [1.807, 2.05) is 0 Å². The topological polar surface area (TPSA) is 74.6 Å². The minimum Gasteiger partial charge on any atom is -0.390 e. The van der Waals surface area contributed by atoms with Crippen molar-refractivity contribution >= 4 is 46.4 Å². The van der Waals surface area contributed by atoms with Crippen LogP contribution in [0, 0.1) is 22.7 Å². The third kappa shape index (κ3) is 2.40. The summed E-state index contributed by atoms with van der Waals surface area (Å²) in [6, 6.07) is 0. The molecule has 0 aromatic rings. The van der Waals surface area contributed by atoms with Crippen molar-refractivity contribution in [2.24, 2.45) is 22.7 Å². The molecule has 3 fully saturated rings. The Hall–Kier alpha value is -0.460. The maximum absolute atomic E-state index is 15.3. The van der Waals surface area contributed by atoms with E-state index in [0.29, 0.717) is 5.57 Å². The van der Waals surface area contributed by atoms with Crippen LogP contribution in [0.3, 0.4) is 0 Å². The molecule has 0 aromatic heterocycles. The largest absolute Gasteiger partial charge is 0.390 e. The molecule has 8 heteroatoms. The van der Waals surface area contributed by atoms with E-state index in [4.69, 9.17) is 34.8 Å². The molecule has 0 amide bonds. The highest BCUT2D eigenvalue weighted by atomic mass is 35.5. The Balaban J connectivity index is 1.87. The van der Waals surface area contributed by atoms with Gasteiger partial charge in [-0.05, 0) is 48.8 Å². The van der Waals surface area contributed by atoms with Crippen LogP contribution in [0.15, 0.2) is 23.8 Å². The highest BCUT2D eigenvalue weighted by molar-refractivity contribution is 6.34. The van der Waals surface area contributed by atoms with Gasteiger partial charge in [0.15, 0.2) is 17.2 Å². The molecule has 0 unspecified atom stereocenters. The molecule has 2 N–H and O–H groups in total. The Morgan fingerprint density at radius 2 is 1.97 bits per heavy atom. The third-order valence-corrected chi connectivity index (χ3v) is 10.1. The highest BCUT2D eigenvalue weighted by Crippen LogP contribution is 2.71. The van der Waals surface area contributed by atoms with Crippen LogP contribution in [0.25, 0.3) is 0 Å². The van der Waals surface area contributed by atoms with Gasteiger partial charge in [-0.1, -0.05) is 19.9 Å². The van der Waals surface area contributed by atoms with Crippen molar-refractivity contribution in [2.75, 3.05) is 5.88 Å². The van der Waals surface area contributed by atoms with Crippen molar-refractivity contribution in [1.82, 2.24) is 0 Å². The first-order valence-corrected chi connectivity index (χ1v) is 11.1. The highest BCUT2D eigenvalue weighted by Gasteiger charge is 2.76. The molecule has 0 saturated heterocycles. The van der Waals surface area contributed by atoms with Gasteiger partial charge in [0, 0.05) is 10.8 Å². The fourth-order valence-corrected chi connectivity index (χ4v) is 8.16. The summed E-state index contributed by atoms with van der Waals surface area (Å²) >= 11 is 19.9. The van der Waals surface area contributed by atoms with E-state index in [0.717, 1.165) is 0 Å². The first-order chi connectivity index (χ1) is 13.4. The lowest BCUT2D eigenvalue weighted by Gasteiger charge is -2.64. The van der Waals surface area contributed by atoms with Crippen molar-refractivity contribution in [2.45, 2.75) is 61.2 Å². The normalized spacial score (nSPS) is 53.7. The average molecular weight is 466 g/mol. The molecule has 160 valence electrons. The summed E-state index contributed by atoms with van der Waals surface area (Å²) in [7, 11) is 0. The number of Topliss-reactive ketones (excluding diaryl/α,β-unsaturated/α-hetero) is 1. The van der Waals surface area contributed by atoms with Crippen molar-refractivity contribution in [3.05, 3.63) is 23.8 Å². The monoisotopic (exact) mass is 464 g/mol. The predicted molar refractivity (Wildman–Crippen MR) is 109 cm³/mol. The van der Waals surface area contributed by atoms with Gasteiger partial charge in [-0.3, -0.25) is 9.59 Å². The Morgan fingerprint density at radius 1 is 1.31 bits per heavy atom. The van der Waals surface area contributed by atoms with Crippen LogP contribution in [-0.2, 0) is 9.59 Å². The maximum atomic E-state index is 15.3. The van der Waals surface area contributed by atoms with Crippen molar-refractivity contribution in [3.8, 4) is 0 Å². The zero-order chi connectivity index (χ0) is 21.6. The van der Waals surface area contributed by atoms with Crippen LogP contribution in [0.2, 0.25) is 0 Å². The van der Waals surface area contributed by atoms with Crippen LogP contribution in [0.4, 0.5) is 4.39 Å². The van der Waals surface area contributed by atoms with E-state index in [1.54, 1.807) is 19.9 Å². The van der Waals surface area contributed by atoms with Crippen LogP contribution in [-0.4, -0.2) is 55.8 Å². The number of hydrogen-bond donors (Lipinski definition) is 2. The molecule has 4 aliphatic rings. The van der Waals surface area contributed by atoms with E-state index in [1.165, 1.54) is 12.2 Å². The summed E-state index contributed by atoms with van der Waals surface area (Å²) in [5.41, 5.74) is -3.84.